The average molecular weight is 247 g/mol. The van der Waals surface area contributed by atoms with Crippen molar-refractivity contribution in [1.29, 1.82) is 0 Å². The van der Waals surface area contributed by atoms with Crippen LogP contribution >= 0.6 is 0 Å². The third kappa shape index (κ3) is 1.70. The maximum atomic E-state index is 13.4. The van der Waals surface area contributed by atoms with Gasteiger partial charge in [-0.3, -0.25) is 0 Å². The summed E-state index contributed by atoms with van der Waals surface area (Å²) in [7, 11) is 0. The van der Waals surface area contributed by atoms with Crippen LogP contribution in [0.15, 0.2) is 30.3 Å². The molecule has 0 amide bonds. The molecule has 1 aliphatic rings. The molecule has 0 fully saturated rings. The molecule has 92 valence electrons. The molecule has 2 aromatic carbocycles. The highest BCUT2D eigenvalue weighted by atomic mass is 19.1. The van der Waals surface area contributed by atoms with Gasteiger partial charge in [0.05, 0.1) is 6.61 Å². The minimum absolute atomic E-state index is 0.441. The van der Waals surface area contributed by atoms with Crippen molar-refractivity contribution in [2.75, 3.05) is 12.3 Å². The molecule has 0 spiro atoms. The number of nitrogens with two attached hydrogens (primary N) is 1. The van der Waals surface area contributed by atoms with E-state index in [0.717, 1.165) is 23.3 Å². The molecule has 2 aromatic rings. The Balaban J connectivity index is 2.10. The highest BCUT2D eigenvalue weighted by molar-refractivity contribution is 5.68. The Morgan fingerprint density at radius 3 is 2.44 bits per heavy atom. The number of hydrogen-bond acceptors (Lipinski definition) is 2. The minimum Gasteiger partial charge on any atom is -0.493 e. The normalized spacial score (nSPS) is 13.2. The fourth-order valence-corrected chi connectivity index (χ4v) is 2.12. The Bertz CT molecular complexity index is 602. The van der Waals surface area contributed by atoms with Crippen molar-refractivity contribution in [3.8, 4) is 16.9 Å². The van der Waals surface area contributed by atoms with Gasteiger partial charge in [-0.25, -0.2) is 8.78 Å². The smallest absolute Gasteiger partial charge is 0.149 e. The van der Waals surface area contributed by atoms with E-state index in [2.05, 4.69) is 0 Å². The summed E-state index contributed by atoms with van der Waals surface area (Å²) in [6.07, 6.45) is 0.823. The fourth-order valence-electron chi connectivity index (χ4n) is 2.12. The first-order valence-corrected chi connectivity index (χ1v) is 5.66. The van der Waals surface area contributed by atoms with Gasteiger partial charge in [-0.15, -0.1) is 0 Å². The molecule has 2 nitrogen and oxygen atoms in total. The van der Waals surface area contributed by atoms with E-state index in [-0.39, 0.29) is 0 Å². The van der Waals surface area contributed by atoms with E-state index in [1.165, 1.54) is 12.1 Å². The molecule has 0 saturated heterocycles. The van der Waals surface area contributed by atoms with Crippen LogP contribution in [-0.2, 0) is 6.42 Å². The van der Waals surface area contributed by atoms with E-state index in [0.29, 0.717) is 12.2 Å². The van der Waals surface area contributed by atoms with Crippen LogP contribution in [0.3, 0.4) is 0 Å². The van der Waals surface area contributed by atoms with Crippen molar-refractivity contribution in [3.63, 3.8) is 0 Å². The molecule has 0 atom stereocenters. The molecule has 1 heterocycles. The monoisotopic (exact) mass is 247 g/mol. The van der Waals surface area contributed by atoms with Gasteiger partial charge in [0.2, 0.25) is 0 Å². The third-order valence-corrected chi connectivity index (χ3v) is 3.10. The molecule has 3 rings (SSSR count). The van der Waals surface area contributed by atoms with Crippen molar-refractivity contribution >= 4 is 5.69 Å². The largest absolute Gasteiger partial charge is 0.493 e. The zero-order valence-electron chi connectivity index (χ0n) is 9.54. The van der Waals surface area contributed by atoms with Gasteiger partial charge in [0, 0.05) is 6.42 Å². The topological polar surface area (TPSA) is 35.2 Å². The van der Waals surface area contributed by atoms with Gasteiger partial charge in [0.1, 0.15) is 23.1 Å². The van der Waals surface area contributed by atoms with Crippen LogP contribution in [0, 0.1) is 11.6 Å². The predicted octanol–water partition coefficient (Wildman–Crippen LogP) is 3.15. The van der Waals surface area contributed by atoms with E-state index in [4.69, 9.17) is 10.5 Å². The Hall–Kier alpha value is -2.10. The Kier molecular flexibility index (Phi) is 2.44. The molecule has 0 unspecified atom stereocenters. The Morgan fingerprint density at radius 1 is 1.00 bits per heavy atom. The molecule has 1 aliphatic heterocycles. The van der Waals surface area contributed by atoms with Crippen molar-refractivity contribution in [1.82, 2.24) is 0 Å². The van der Waals surface area contributed by atoms with Gasteiger partial charge in [-0.05, 0) is 41.0 Å². The highest BCUT2D eigenvalue weighted by Gasteiger charge is 2.14. The van der Waals surface area contributed by atoms with Crippen molar-refractivity contribution in [2.24, 2.45) is 0 Å². The minimum atomic E-state index is -0.734. The summed E-state index contributed by atoms with van der Waals surface area (Å²) < 4.78 is 32.2. The second kappa shape index (κ2) is 3.98. The predicted molar refractivity (Wildman–Crippen MR) is 65.4 cm³/mol. The summed E-state index contributed by atoms with van der Waals surface area (Å²) in [5.74, 6) is -0.626. The zero-order chi connectivity index (χ0) is 12.7. The number of rotatable bonds is 1. The van der Waals surface area contributed by atoms with Gasteiger partial charge in [-0.1, -0.05) is 6.07 Å². The molecule has 0 radical (unpaired) electrons. The standard InChI is InChI=1S/C14H11F2NO/c15-11-6-10(7-12(16)14(11)17)8-1-2-13-9(5-8)3-4-18-13/h1-2,5-7H,3-4,17H2. The van der Waals surface area contributed by atoms with Crippen molar-refractivity contribution in [2.45, 2.75) is 6.42 Å². The molecule has 0 aliphatic carbocycles. The van der Waals surface area contributed by atoms with Crippen molar-refractivity contribution in [3.05, 3.63) is 47.5 Å². The molecule has 0 aromatic heterocycles. The van der Waals surface area contributed by atoms with Crippen LogP contribution in [0.1, 0.15) is 5.56 Å². The van der Waals surface area contributed by atoms with Crippen LogP contribution in [0.25, 0.3) is 11.1 Å². The number of nitrogen functional groups attached to an aromatic ring is 1. The van der Waals surface area contributed by atoms with Gasteiger partial charge in [-0.2, -0.15) is 0 Å². The molecule has 0 saturated carbocycles. The average Bonchev–Trinajstić information content (AvgIpc) is 2.82. The second-order valence-electron chi connectivity index (χ2n) is 4.27. The van der Waals surface area contributed by atoms with Gasteiger partial charge in [0.25, 0.3) is 0 Å². The maximum absolute atomic E-state index is 13.4. The summed E-state index contributed by atoms with van der Waals surface area (Å²) in [4.78, 5) is 0. The molecule has 2 N–H and O–H groups in total. The number of hydrogen-bond donors (Lipinski definition) is 1. The lowest BCUT2D eigenvalue weighted by Crippen LogP contribution is -1.96. The number of ether oxygens (including phenoxy) is 1. The lowest BCUT2D eigenvalue weighted by molar-refractivity contribution is 0.357. The number of benzene rings is 2. The van der Waals surface area contributed by atoms with Crippen molar-refractivity contribution < 1.29 is 13.5 Å². The summed E-state index contributed by atoms with van der Waals surface area (Å²) in [6.45, 7) is 0.656. The first kappa shape index (κ1) is 11.0. The second-order valence-corrected chi connectivity index (χ2v) is 4.27. The molecule has 0 bridgehead atoms. The molecule has 18 heavy (non-hydrogen) atoms. The summed E-state index contributed by atoms with van der Waals surface area (Å²) in [6, 6.07) is 8.00. The van der Waals surface area contributed by atoms with E-state index in [1.807, 2.05) is 12.1 Å². The SMILES string of the molecule is Nc1c(F)cc(-c2ccc3c(c2)CCO3)cc1F. The number of fused-ring (bicyclic) bond motifs is 1. The van der Waals surface area contributed by atoms with Crippen LogP contribution in [0.2, 0.25) is 0 Å². The molecule has 4 heteroatoms. The highest BCUT2D eigenvalue weighted by Crippen LogP contribution is 2.32. The van der Waals surface area contributed by atoms with Crippen LogP contribution in [-0.4, -0.2) is 6.61 Å². The Labute approximate surface area is 103 Å². The van der Waals surface area contributed by atoms with E-state index < -0.39 is 17.3 Å². The van der Waals surface area contributed by atoms with Crippen LogP contribution < -0.4 is 10.5 Å². The number of halogens is 2. The van der Waals surface area contributed by atoms with Gasteiger partial charge >= 0.3 is 0 Å². The summed E-state index contributed by atoms with van der Waals surface area (Å²) >= 11 is 0. The van der Waals surface area contributed by atoms with E-state index in [1.54, 1.807) is 6.07 Å². The first-order valence-electron chi connectivity index (χ1n) is 5.66. The summed E-state index contributed by atoms with van der Waals surface area (Å²) in [5, 5.41) is 0. The van der Waals surface area contributed by atoms with Crippen LogP contribution in [0.4, 0.5) is 14.5 Å². The summed E-state index contributed by atoms with van der Waals surface area (Å²) in [5.41, 5.74) is 7.11. The Morgan fingerprint density at radius 2 is 1.72 bits per heavy atom. The molecular formula is C14H11F2NO. The zero-order valence-corrected chi connectivity index (χ0v) is 9.54. The van der Waals surface area contributed by atoms with Gasteiger partial charge < -0.3 is 10.5 Å². The first-order chi connectivity index (χ1) is 8.65. The number of anilines is 1. The molecular weight excluding hydrogens is 236 g/mol. The van der Waals surface area contributed by atoms with Gasteiger partial charge in [0.15, 0.2) is 0 Å². The van der Waals surface area contributed by atoms with Crippen LogP contribution in [0.5, 0.6) is 5.75 Å². The maximum Gasteiger partial charge on any atom is 0.149 e. The van der Waals surface area contributed by atoms with E-state index in [9.17, 15) is 8.78 Å². The third-order valence-electron chi connectivity index (χ3n) is 3.10. The van der Waals surface area contributed by atoms with E-state index >= 15 is 0 Å². The quantitative estimate of drug-likeness (QED) is 0.786. The lowest BCUT2D eigenvalue weighted by Gasteiger charge is -2.07. The fraction of sp³-hybridized carbons (Fsp3) is 0.143. The lowest BCUT2D eigenvalue weighted by atomic mass is 10.0.